The molecule has 1 aromatic carbocycles. The molecular formula is C23H45N3O+2. The molecule has 0 atom stereocenters. The highest BCUT2D eigenvalue weighted by molar-refractivity contribution is 5.48. The summed E-state index contributed by atoms with van der Waals surface area (Å²) in [6.45, 7) is 25.1. The molecule has 0 saturated heterocycles. The van der Waals surface area contributed by atoms with E-state index >= 15 is 0 Å². The number of rotatable bonds is 14. The molecular weight excluding hydrogens is 334 g/mol. The van der Waals surface area contributed by atoms with E-state index in [0.717, 1.165) is 29.9 Å². The third kappa shape index (κ3) is 6.69. The Morgan fingerprint density at radius 3 is 1.59 bits per heavy atom. The standard InChI is InChI=1S/C23H45N3O/c1-8-25(9-2,10-3)19-18-24(7)22-14-16-23(17-15-22)27-21-20-26(11-4,12-5)13-6/h14-17H,8-13,18-21H2,1-7H3/q+2. The predicted octanol–water partition coefficient (Wildman–Crippen LogP) is 4.25. The van der Waals surface area contributed by atoms with Crippen molar-refractivity contribution in [3.8, 4) is 5.75 Å². The highest BCUT2D eigenvalue weighted by Crippen LogP contribution is 2.19. The van der Waals surface area contributed by atoms with Crippen LogP contribution in [-0.2, 0) is 0 Å². The zero-order valence-corrected chi connectivity index (χ0v) is 19.1. The maximum absolute atomic E-state index is 6.03. The lowest BCUT2D eigenvalue weighted by Gasteiger charge is -2.37. The first-order chi connectivity index (χ1) is 12.9. The molecule has 156 valence electrons. The molecule has 0 heterocycles. The first-order valence-corrected chi connectivity index (χ1v) is 11.1. The van der Waals surface area contributed by atoms with Gasteiger partial charge in [0.2, 0.25) is 0 Å². The number of benzene rings is 1. The van der Waals surface area contributed by atoms with Crippen LogP contribution in [-0.4, -0.2) is 81.5 Å². The fourth-order valence-corrected chi connectivity index (χ4v) is 3.94. The molecule has 4 nitrogen and oxygen atoms in total. The van der Waals surface area contributed by atoms with E-state index in [0.29, 0.717) is 0 Å². The minimum atomic E-state index is 0.786. The molecule has 0 N–H and O–H groups in total. The molecule has 0 bridgehead atoms. The molecule has 1 rings (SSSR count). The van der Waals surface area contributed by atoms with Gasteiger partial charge in [-0.25, -0.2) is 0 Å². The lowest BCUT2D eigenvalue weighted by atomic mass is 10.2. The summed E-state index contributed by atoms with van der Waals surface area (Å²) in [5, 5.41) is 0. The van der Waals surface area contributed by atoms with E-state index in [1.54, 1.807) is 0 Å². The van der Waals surface area contributed by atoms with Gasteiger partial charge in [-0.15, -0.1) is 0 Å². The smallest absolute Gasteiger partial charge is 0.137 e. The van der Waals surface area contributed by atoms with Crippen LogP contribution >= 0.6 is 0 Å². The Morgan fingerprint density at radius 1 is 0.704 bits per heavy atom. The topological polar surface area (TPSA) is 12.5 Å². The van der Waals surface area contributed by atoms with Crippen molar-refractivity contribution in [2.24, 2.45) is 0 Å². The van der Waals surface area contributed by atoms with Crippen LogP contribution in [0.25, 0.3) is 0 Å². The molecule has 0 radical (unpaired) electrons. The summed E-state index contributed by atoms with van der Waals surface area (Å²) in [6, 6.07) is 8.61. The fraction of sp³-hybridized carbons (Fsp3) is 0.739. The Labute approximate surface area is 168 Å². The summed E-state index contributed by atoms with van der Waals surface area (Å²) in [4.78, 5) is 2.37. The van der Waals surface area contributed by atoms with Gasteiger partial charge in [0, 0.05) is 12.7 Å². The number of nitrogens with zero attached hydrogens (tertiary/aromatic N) is 3. The molecule has 0 fully saturated rings. The number of ether oxygens (including phenoxy) is 1. The Bertz CT molecular complexity index is 490. The number of hydrogen-bond acceptors (Lipinski definition) is 2. The maximum atomic E-state index is 6.03. The van der Waals surface area contributed by atoms with Gasteiger partial charge in [0.15, 0.2) is 0 Å². The van der Waals surface area contributed by atoms with Crippen LogP contribution in [0.1, 0.15) is 41.5 Å². The SMILES string of the molecule is CC[N+](CC)(CC)CCOc1ccc(N(C)CC[N+](CC)(CC)CC)cc1. The summed E-state index contributed by atoms with van der Waals surface area (Å²) in [7, 11) is 2.20. The normalized spacial score (nSPS) is 12.3. The summed E-state index contributed by atoms with van der Waals surface area (Å²) in [5.41, 5.74) is 1.27. The zero-order chi connectivity index (χ0) is 20.3. The van der Waals surface area contributed by atoms with E-state index in [1.807, 2.05) is 0 Å². The van der Waals surface area contributed by atoms with Crippen molar-refractivity contribution in [3.05, 3.63) is 24.3 Å². The van der Waals surface area contributed by atoms with Gasteiger partial charge in [-0.1, -0.05) is 0 Å². The van der Waals surface area contributed by atoms with Crippen LogP contribution in [0.15, 0.2) is 24.3 Å². The molecule has 0 aliphatic carbocycles. The van der Waals surface area contributed by atoms with Crippen molar-refractivity contribution >= 4 is 5.69 Å². The lowest BCUT2D eigenvalue weighted by Crippen LogP contribution is -2.51. The molecule has 0 aliphatic rings. The van der Waals surface area contributed by atoms with Gasteiger partial charge in [0.25, 0.3) is 0 Å². The second-order valence-electron chi connectivity index (χ2n) is 7.79. The van der Waals surface area contributed by atoms with Crippen LogP contribution in [0.5, 0.6) is 5.75 Å². The third-order valence-electron chi connectivity index (χ3n) is 7.05. The highest BCUT2D eigenvalue weighted by atomic mass is 16.5. The van der Waals surface area contributed by atoms with Crippen LogP contribution in [0, 0.1) is 0 Å². The van der Waals surface area contributed by atoms with Crippen LogP contribution in [0.4, 0.5) is 5.69 Å². The summed E-state index contributed by atoms with van der Waals surface area (Å²) >= 11 is 0. The number of anilines is 1. The molecule has 0 saturated carbocycles. The predicted molar refractivity (Wildman–Crippen MR) is 119 cm³/mol. The Kier molecular flexibility index (Phi) is 10.2. The molecule has 0 amide bonds. The maximum Gasteiger partial charge on any atom is 0.137 e. The molecule has 4 heteroatoms. The summed E-state index contributed by atoms with van der Waals surface area (Å²) < 4.78 is 8.36. The van der Waals surface area contributed by atoms with Gasteiger partial charge in [0.05, 0.1) is 52.4 Å². The summed E-state index contributed by atoms with van der Waals surface area (Å²) in [5.74, 6) is 0.981. The van der Waals surface area contributed by atoms with Gasteiger partial charge >= 0.3 is 0 Å². The molecule has 0 spiro atoms. The van der Waals surface area contributed by atoms with Crippen LogP contribution < -0.4 is 9.64 Å². The Balaban J connectivity index is 2.55. The van der Waals surface area contributed by atoms with Gasteiger partial charge in [-0.05, 0) is 65.8 Å². The van der Waals surface area contributed by atoms with Crippen molar-refractivity contribution in [2.75, 3.05) is 77.5 Å². The van der Waals surface area contributed by atoms with Gasteiger partial charge in [0.1, 0.15) is 18.9 Å². The van der Waals surface area contributed by atoms with E-state index in [9.17, 15) is 0 Å². The number of hydrogen-bond donors (Lipinski definition) is 0. The quantitative estimate of drug-likeness (QED) is 0.448. The minimum Gasteiger partial charge on any atom is -0.488 e. The van der Waals surface area contributed by atoms with E-state index in [2.05, 4.69) is 77.8 Å². The first kappa shape index (κ1) is 23.8. The summed E-state index contributed by atoms with van der Waals surface area (Å²) in [6.07, 6.45) is 0. The van der Waals surface area contributed by atoms with E-state index < -0.39 is 0 Å². The molecule has 27 heavy (non-hydrogen) atoms. The van der Waals surface area contributed by atoms with E-state index in [1.165, 1.54) is 56.0 Å². The Hall–Kier alpha value is -1.26. The van der Waals surface area contributed by atoms with Crippen LogP contribution in [0.3, 0.4) is 0 Å². The minimum absolute atomic E-state index is 0.786. The van der Waals surface area contributed by atoms with Crippen molar-refractivity contribution in [1.29, 1.82) is 0 Å². The molecule has 0 aliphatic heterocycles. The van der Waals surface area contributed by atoms with Gasteiger partial charge < -0.3 is 18.6 Å². The number of likely N-dealkylation sites (N-methyl/N-ethyl adjacent to an activating group) is 3. The zero-order valence-electron chi connectivity index (χ0n) is 19.1. The van der Waals surface area contributed by atoms with Crippen molar-refractivity contribution in [3.63, 3.8) is 0 Å². The highest BCUT2D eigenvalue weighted by Gasteiger charge is 2.21. The Morgan fingerprint density at radius 2 is 1.15 bits per heavy atom. The average Bonchev–Trinajstić information content (AvgIpc) is 2.73. The third-order valence-corrected chi connectivity index (χ3v) is 7.05. The molecule has 0 unspecified atom stereocenters. The van der Waals surface area contributed by atoms with Crippen LogP contribution in [0.2, 0.25) is 0 Å². The molecule has 1 aromatic rings. The van der Waals surface area contributed by atoms with E-state index in [4.69, 9.17) is 4.74 Å². The fourth-order valence-electron chi connectivity index (χ4n) is 3.94. The van der Waals surface area contributed by atoms with Gasteiger partial charge in [-0.2, -0.15) is 0 Å². The second-order valence-corrected chi connectivity index (χ2v) is 7.79. The second kappa shape index (κ2) is 11.6. The van der Waals surface area contributed by atoms with Gasteiger partial charge in [-0.3, -0.25) is 0 Å². The van der Waals surface area contributed by atoms with Crippen molar-refractivity contribution in [2.45, 2.75) is 41.5 Å². The molecule has 0 aromatic heterocycles. The first-order valence-electron chi connectivity index (χ1n) is 11.1. The van der Waals surface area contributed by atoms with E-state index in [-0.39, 0.29) is 0 Å². The lowest BCUT2D eigenvalue weighted by molar-refractivity contribution is -0.923. The number of quaternary nitrogens is 2. The monoisotopic (exact) mass is 379 g/mol. The largest absolute Gasteiger partial charge is 0.488 e. The van der Waals surface area contributed by atoms with Crippen molar-refractivity contribution in [1.82, 2.24) is 0 Å². The average molecular weight is 380 g/mol. The van der Waals surface area contributed by atoms with Crippen molar-refractivity contribution < 1.29 is 13.7 Å².